The highest BCUT2D eigenvalue weighted by Crippen LogP contribution is 2.53. The minimum absolute atomic E-state index is 0.0491. The number of nitrogens with two attached hydrogens (primary N) is 1. The van der Waals surface area contributed by atoms with Crippen molar-refractivity contribution in [3.05, 3.63) is 22.7 Å². The standard InChI is InChI=1S/C6H5N5O.H4O7P2/c7-6-10-4-3(5(12)11-6)8-1-2-9-4;1-8(2,3)7-9(4,5)6/h1-2H,(H3,7,9,10,11,12);(H2,1,2,3)(H2,4,5,6). The Bertz CT molecular complexity index is 760. The fourth-order valence-electron chi connectivity index (χ4n) is 1.03. The van der Waals surface area contributed by atoms with E-state index in [9.17, 15) is 13.9 Å². The normalized spacial score (nSPS) is 11.8. The van der Waals surface area contributed by atoms with Crippen molar-refractivity contribution in [2.24, 2.45) is 0 Å². The van der Waals surface area contributed by atoms with Gasteiger partial charge >= 0.3 is 15.6 Å². The number of hydrogen-bond donors (Lipinski definition) is 6. The molecule has 0 unspecified atom stereocenters. The number of nitrogens with one attached hydrogen (secondary N) is 1. The Labute approximate surface area is 115 Å². The van der Waals surface area contributed by atoms with Crippen LogP contribution in [0.1, 0.15) is 0 Å². The lowest BCUT2D eigenvalue weighted by atomic mass is 10.5. The zero-order valence-electron chi connectivity index (χ0n) is 9.89. The smallest absolute Gasteiger partial charge is 0.369 e. The molecule has 0 saturated heterocycles. The molecule has 0 spiro atoms. The van der Waals surface area contributed by atoms with Gasteiger partial charge in [0.05, 0.1) is 0 Å². The Morgan fingerprint density at radius 2 is 1.62 bits per heavy atom. The molecule has 2 rings (SSSR count). The Hall–Kier alpha value is -1.72. The van der Waals surface area contributed by atoms with Crippen molar-refractivity contribution < 1.29 is 33.0 Å². The number of anilines is 1. The molecule has 7 N–H and O–H groups in total. The largest absolute Gasteiger partial charge is 0.478 e. The number of rotatable bonds is 2. The summed E-state index contributed by atoms with van der Waals surface area (Å²) >= 11 is 0. The fraction of sp³-hybridized carbons (Fsp3) is 0. The summed E-state index contributed by atoms with van der Waals surface area (Å²) in [6, 6.07) is 0. The molecular weight excluding hydrogens is 332 g/mol. The number of aromatic nitrogens is 4. The Morgan fingerprint density at radius 3 is 2.10 bits per heavy atom. The van der Waals surface area contributed by atoms with Crippen LogP contribution in [0, 0.1) is 0 Å². The van der Waals surface area contributed by atoms with Crippen LogP contribution >= 0.6 is 15.6 Å². The molecule has 0 bridgehead atoms. The lowest BCUT2D eigenvalue weighted by Crippen LogP contribution is -2.12. The summed E-state index contributed by atoms with van der Waals surface area (Å²) in [5, 5.41) is 0. The summed E-state index contributed by atoms with van der Waals surface area (Å²) < 4.78 is 22.2. The van der Waals surface area contributed by atoms with Crippen molar-refractivity contribution in [3.8, 4) is 0 Å². The van der Waals surface area contributed by atoms with Crippen LogP contribution in [0.15, 0.2) is 17.2 Å². The van der Waals surface area contributed by atoms with Gasteiger partial charge in [-0.2, -0.15) is 9.29 Å². The fourth-order valence-corrected chi connectivity index (χ4v) is 2.14. The minimum atomic E-state index is -5.05. The zero-order valence-corrected chi connectivity index (χ0v) is 11.7. The van der Waals surface area contributed by atoms with Gasteiger partial charge in [0.1, 0.15) is 0 Å². The number of hydrogen-bond acceptors (Lipinski definition) is 8. The van der Waals surface area contributed by atoms with Crippen LogP contribution in [-0.4, -0.2) is 39.5 Å². The zero-order chi connectivity index (χ0) is 16.3. The number of H-pyrrole nitrogens is 1. The van der Waals surface area contributed by atoms with Crippen LogP contribution in [0.5, 0.6) is 0 Å². The summed E-state index contributed by atoms with van der Waals surface area (Å²) in [7, 11) is -10.1. The Morgan fingerprint density at radius 1 is 1.10 bits per heavy atom. The van der Waals surface area contributed by atoms with Gasteiger partial charge in [0.2, 0.25) is 5.95 Å². The van der Waals surface area contributed by atoms with Crippen molar-refractivity contribution in [2.75, 3.05) is 5.73 Å². The van der Waals surface area contributed by atoms with Crippen molar-refractivity contribution in [1.29, 1.82) is 0 Å². The van der Waals surface area contributed by atoms with E-state index in [1.807, 2.05) is 0 Å². The topological polar surface area (TPSA) is 222 Å². The van der Waals surface area contributed by atoms with E-state index in [1.165, 1.54) is 12.4 Å². The van der Waals surface area contributed by atoms with E-state index in [2.05, 4.69) is 24.2 Å². The van der Waals surface area contributed by atoms with Crippen LogP contribution in [0.4, 0.5) is 5.95 Å². The van der Waals surface area contributed by atoms with Crippen LogP contribution < -0.4 is 11.3 Å². The molecule has 2 aromatic heterocycles. The molecule has 0 amide bonds. The molecule has 15 heteroatoms. The van der Waals surface area contributed by atoms with Gasteiger partial charge in [-0.1, -0.05) is 0 Å². The molecule has 0 atom stereocenters. The molecule has 2 heterocycles. The quantitative estimate of drug-likeness (QED) is 0.343. The van der Waals surface area contributed by atoms with Gasteiger partial charge in [-0.3, -0.25) is 9.78 Å². The highest BCUT2D eigenvalue weighted by molar-refractivity contribution is 7.60. The monoisotopic (exact) mass is 341 g/mol. The van der Waals surface area contributed by atoms with Gasteiger partial charge in [0.15, 0.2) is 11.2 Å². The predicted octanol–water partition coefficient (Wildman–Crippen LogP) is -1.52. The van der Waals surface area contributed by atoms with Gasteiger partial charge in [-0.15, -0.1) is 0 Å². The number of nitrogen functional groups attached to an aromatic ring is 1. The van der Waals surface area contributed by atoms with Crippen LogP contribution in [0.2, 0.25) is 0 Å². The number of phosphoric acid groups is 2. The van der Waals surface area contributed by atoms with E-state index in [0.717, 1.165) is 0 Å². The van der Waals surface area contributed by atoms with Crippen LogP contribution in [0.3, 0.4) is 0 Å². The van der Waals surface area contributed by atoms with Crippen molar-refractivity contribution in [1.82, 2.24) is 19.9 Å². The molecule has 0 aromatic carbocycles. The third kappa shape index (κ3) is 6.51. The second-order valence-corrected chi connectivity index (χ2v) is 5.86. The summed E-state index contributed by atoms with van der Waals surface area (Å²) in [4.78, 5) is 55.9. The second-order valence-electron chi connectivity index (χ2n) is 3.24. The Balaban J connectivity index is 0.000000222. The van der Waals surface area contributed by atoms with Crippen molar-refractivity contribution >= 4 is 32.8 Å². The summed E-state index contributed by atoms with van der Waals surface area (Å²) in [6.07, 6.45) is 2.88. The van der Waals surface area contributed by atoms with E-state index >= 15 is 0 Å². The third-order valence-electron chi connectivity index (χ3n) is 1.57. The Kier molecular flexibility index (Phi) is 5.25. The van der Waals surface area contributed by atoms with Crippen molar-refractivity contribution in [2.45, 2.75) is 0 Å². The van der Waals surface area contributed by atoms with E-state index in [-0.39, 0.29) is 22.7 Å². The molecule has 0 aliphatic carbocycles. The highest BCUT2D eigenvalue weighted by Gasteiger charge is 2.27. The van der Waals surface area contributed by atoms with Crippen LogP contribution in [0.25, 0.3) is 11.2 Å². The first-order chi connectivity index (χ1) is 9.48. The first kappa shape index (κ1) is 17.3. The first-order valence-electron chi connectivity index (χ1n) is 4.77. The average molecular weight is 341 g/mol. The van der Waals surface area contributed by atoms with Gasteiger partial charge in [-0.25, -0.2) is 19.1 Å². The SMILES string of the molecule is Nc1nc2nccnc2c(=O)[nH]1.O=P(O)(O)OP(=O)(O)O. The van der Waals surface area contributed by atoms with Gasteiger partial charge in [0, 0.05) is 12.4 Å². The summed E-state index contributed by atoms with van der Waals surface area (Å²) in [5.41, 5.74) is 5.38. The maximum atomic E-state index is 11.1. The molecule has 2 aromatic rings. The van der Waals surface area contributed by atoms with Crippen LogP contribution in [-0.2, 0) is 13.4 Å². The average Bonchev–Trinajstić information content (AvgIpc) is 2.24. The molecule has 0 fully saturated rings. The maximum Gasteiger partial charge on any atom is 0.478 e. The molecule has 0 radical (unpaired) electrons. The minimum Gasteiger partial charge on any atom is -0.369 e. The first-order valence-corrected chi connectivity index (χ1v) is 7.83. The predicted molar refractivity (Wildman–Crippen MR) is 67.5 cm³/mol. The number of aromatic amines is 1. The second kappa shape index (κ2) is 6.37. The van der Waals surface area contributed by atoms with Gasteiger partial charge in [0.25, 0.3) is 5.56 Å². The maximum absolute atomic E-state index is 11.1. The molecule has 0 aliphatic heterocycles. The van der Waals surface area contributed by atoms with Gasteiger partial charge < -0.3 is 25.3 Å². The van der Waals surface area contributed by atoms with E-state index in [0.29, 0.717) is 0 Å². The molecule has 13 nitrogen and oxygen atoms in total. The van der Waals surface area contributed by atoms with E-state index in [1.54, 1.807) is 0 Å². The molecule has 116 valence electrons. The highest BCUT2D eigenvalue weighted by atomic mass is 31.3. The van der Waals surface area contributed by atoms with Crippen molar-refractivity contribution in [3.63, 3.8) is 0 Å². The summed E-state index contributed by atoms with van der Waals surface area (Å²) in [6.45, 7) is 0. The number of fused-ring (bicyclic) bond motifs is 1. The van der Waals surface area contributed by atoms with Gasteiger partial charge in [-0.05, 0) is 0 Å². The lowest BCUT2D eigenvalue weighted by molar-refractivity contribution is 0.225. The van der Waals surface area contributed by atoms with E-state index in [4.69, 9.17) is 25.3 Å². The number of nitrogens with zero attached hydrogens (tertiary/aromatic N) is 3. The summed E-state index contributed by atoms with van der Waals surface area (Å²) in [5.74, 6) is 0.0491. The molecule has 0 saturated carbocycles. The third-order valence-corrected chi connectivity index (χ3v) is 3.28. The van der Waals surface area contributed by atoms with E-state index < -0.39 is 15.6 Å². The molecule has 21 heavy (non-hydrogen) atoms. The molecule has 0 aliphatic rings. The lowest BCUT2D eigenvalue weighted by Gasteiger charge is -2.03. The molecular formula is C6H9N5O8P2.